The maximum atomic E-state index is 12.0. The van der Waals surface area contributed by atoms with Gasteiger partial charge in [0, 0.05) is 4.88 Å². The van der Waals surface area contributed by atoms with E-state index in [4.69, 9.17) is 0 Å². The quantitative estimate of drug-likeness (QED) is 0.438. The van der Waals surface area contributed by atoms with Crippen LogP contribution in [-0.2, 0) is 22.4 Å². The van der Waals surface area contributed by atoms with Crippen molar-refractivity contribution in [2.75, 3.05) is 5.32 Å². The van der Waals surface area contributed by atoms with Crippen LogP contribution in [0.5, 0.6) is 5.75 Å². The number of hydrazone groups is 1. The van der Waals surface area contributed by atoms with Crippen molar-refractivity contribution in [2.45, 2.75) is 25.7 Å². The summed E-state index contributed by atoms with van der Waals surface area (Å²) >= 11 is 1.36. The van der Waals surface area contributed by atoms with E-state index < -0.39 is 11.8 Å². The number of amides is 2. The van der Waals surface area contributed by atoms with Gasteiger partial charge in [0.25, 0.3) is 0 Å². The molecule has 132 valence electrons. The highest BCUT2D eigenvalue weighted by molar-refractivity contribution is 7.16. The number of aromatic hydroxyl groups is 1. The molecule has 0 radical (unpaired) electrons. The highest BCUT2D eigenvalue weighted by Gasteiger charge is 2.23. The van der Waals surface area contributed by atoms with Gasteiger partial charge in [-0.25, -0.2) is 5.43 Å². The second-order valence-corrected chi connectivity index (χ2v) is 6.88. The van der Waals surface area contributed by atoms with E-state index >= 15 is 0 Å². The number of nitrogens with one attached hydrogen (secondary N) is 2. The molecule has 1 aliphatic carbocycles. The van der Waals surface area contributed by atoms with Crippen molar-refractivity contribution < 1.29 is 14.7 Å². The number of carbonyl (C=O) groups excluding carboxylic acids is 2. The predicted octanol–water partition coefficient (Wildman–Crippen LogP) is 2.29. The van der Waals surface area contributed by atoms with E-state index in [2.05, 4.69) is 21.9 Å². The van der Waals surface area contributed by atoms with Crippen LogP contribution in [0.1, 0.15) is 34.4 Å². The van der Waals surface area contributed by atoms with Crippen molar-refractivity contribution in [2.24, 2.45) is 5.10 Å². The second-order valence-electron chi connectivity index (χ2n) is 5.77. The Morgan fingerprint density at radius 2 is 1.92 bits per heavy atom. The molecule has 1 aromatic carbocycles. The number of nitriles is 1. The van der Waals surface area contributed by atoms with Gasteiger partial charge in [-0.05, 0) is 61.1 Å². The molecule has 0 saturated heterocycles. The normalized spacial score (nSPS) is 13.0. The monoisotopic (exact) mass is 368 g/mol. The van der Waals surface area contributed by atoms with E-state index in [1.165, 1.54) is 29.7 Å². The molecule has 0 spiro atoms. The number of phenolic OH excluding ortho intramolecular Hbond substituents is 1. The third-order valence-corrected chi connectivity index (χ3v) is 5.20. The van der Waals surface area contributed by atoms with Gasteiger partial charge in [-0.2, -0.15) is 10.4 Å². The zero-order valence-corrected chi connectivity index (χ0v) is 14.6. The minimum absolute atomic E-state index is 0.123. The van der Waals surface area contributed by atoms with Crippen LogP contribution in [0.3, 0.4) is 0 Å². The average molecular weight is 368 g/mol. The third kappa shape index (κ3) is 3.90. The summed E-state index contributed by atoms with van der Waals surface area (Å²) in [5, 5.41) is 25.2. The molecule has 2 aromatic rings. The van der Waals surface area contributed by atoms with Crippen LogP contribution >= 0.6 is 11.3 Å². The summed E-state index contributed by atoms with van der Waals surface area (Å²) in [4.78, 5) is 25.0. The number of benzene rings is 1. The minimum Gasteiger partial charge on any atom is -0.508 e. The fraction of sp³-hybridized carbons (Fsp3) is 0.222. The van der Waals surface area contributed by atoms with Gasteiger partial charge in [0.05, 0.1) is 11.8 Å². The molecule has 7 nitrogen and oxygen atoms in total. The zero-order valence-electron chi connectivity index (χ0n) is 13.8. The van der Waals surface area contributed by atoms with Crippen LogP contribution in [0.15, 0.2) is 29.4 Å². The van der Waals surface area contributed by atoms with Crippen molar-refractivity contribution in [3.05, 3.63) is 45.8 Å². The standard InChI is InChI=1S/C18H16N4O3S/c19-9-14-13-3-1-2-4-15(13)26-18(14)21-16(24)17(25)22-20-10-11-5-7-12(23)8-6-11/h5-8,10,23H,1-4H2,(H,21,24)(H,22,25)/b20-10+. The van der Waals surface area contributed by atoms with Crippen LogP contribution in [0, 0.1) is 11.3 Å². The summed E-state index contributed by atoms with van der Waals surface area (Å²) < 4.78 is 0. The lowest BCUT2D eigenvalue weighted by Gasteiger charge is -2.09. The first-order chi connectivity index (χ1) is 12.6. The largest absolute Gasteiger partial charge is 0.508 e. The van der Waals surface area contributed by atoms with E-state index in [1.807, 2.05) is 0 Å². The SMILES string of the molecule is N#Cc1c(NC(=O)C(=O)N/N=C/c2ccc(O)cc2)sc2c1CCCC2. The Labute approximate surface area is 154 Å². The minimum atomic E-state index is -0.921. The molecule has 1 heterocycles. The van der Waals surface area contributed by atoms with Crippen molar-refractivity contribution in [1.29, 1.82) is 5.26 Å². The second kappa shape index (κ2) is 7.80. The van der Waals surface area contributed by atoms with E-state index in [1.54, 1.807) is 12.1 Å². The maximum absolute atomic E-state index is 12.0. The molecule has 0 saturated carbocycles. The van der Waals surface area contributed by atoms with Crippen LogP contribution in [0.25, 0.3) is 0 Å². The topological polar surface area (TPSA) is 115 Å². The summed E-state index contributed by atoms with van der Waals surface area (Å²) in [6, 6.07) is 8.32. The highest BCUT2D eigenvalue weighted by atomic mass is 32.1. The highest BCUT2D eigenvalue weighted by Crippen LogP contribution is 2.37. The number of aryl methyl sites for hydroxylation is 1. The van der Waals surface area contributed by atoms with Crippen LogP contribution < -0.4 is 10.7 Å². The number of thiophene rings is 1. The number of carbonyl (C=O) groups is 2. The van der Waals surface area contributed by atoms with Crippen LogP contribution in [-0.4, -0.2) is 23.1 Å². The molecule has 0 unspecified atom stereocenters. The van der Waals surface area contributed by atoms with Gasteiger partial charge in [0.15, 0.2) is 0 Å². The molecule has 8 heteroatoms. The molecule has 3 N–H and O–H groups in total. The summed E-state index contributed by atoms with van der Waals surface area (Å²) in [6.07, 6.45) is 5.17. The van der Waals surface area contributed by atoms with Crippen molar-refractivity contribution in [3.63, 3.8) is 0 Å². The van der Waals surface area contributed by atoms with Gasteiger partial charge in [-0.15, -0.1) is 11.3 Å². The summed E-state index contributed by atoms with van der Waals surface area (Å²) in [5.74, 6) is -1.67. The number of anilines is 1. The first kappa shape index (κ1) is 17.6. The molecule has 0 fully saturated rings. The van der Waals surface area contributed by atoms with E-state index in [9.17, 15) is 20.0 Å². The molecule has 0 atom stereocenters. The molecular weight excluding hydrogens is 352 g/mol. The Balaban J connectivity index is 1.63. The lowest BCUT2D eigenvalue weighted by atomic mass is 9.96. The first-order valence-electron chi connectivity index (χ1n) is 8.06. The number of fused-ring (bicyclic) bond motifs is 1. The van der Waals surface area contributed by atoms with E-state index in [0.29, 0.717) is 16.1 Å². The Kier molecular flexibility index (Phi) is 5.29. The Bertz CT molecular complexity index is 910. The average Bonchev–Trinajstić information content (AvgIpc) is 3.00. The van der Waals surface area contributed by atoms with Crippen LogP contribution in [0.2, 0.25) is 0 Å². The fourth-order valence-corrected chi connectivity index (χ4v) is 3.94. The van der Waals surface area contributed by atoms with E-state index in [0.717, 1.165) is 36.1 Å². The maximum Gasteiger partial charge on any atom is 0.329 e. The van der Waals surface area contributed by atoms with Gasteiger partial charge in [-0.1, -0.05) is 0 Å². The lowest BCUT2D eigenvalue weighted by molar-refractivity contribution is -0.136. The molecule has 3 rings (SSSR count). The Hall–Kier alpha value is -3.18. The van der Waals surface area contributed by atoms with Crippen molar-refractivity contribution >= 4 is 34.4 Å². The van der Waals surface area contributed by atoms with Gasteiger partial charge in [0.1, 0.15) is 16.8 Å². The Morgan fingerprint density at radius 1 is 1.19 bits per heavy atom. The molecule has 0 bridgehead atoms. The van der Waals surface area contributed by atoms with Crippen LogP contribution in [0.4, 0.5) is 5.00 Å². The van der Waals surface area contributed by atoms with Crippen molar-refractivity contribution in [1.82, 2.24) is 5.43 Å². The molecular formula is C18H16N4O3S. The lowest BCUT2D eigenvalue weighted by Crippen LogP contribution is -2.32. The van der Waals surface area contributed by atoms with E-state index in [-0.39, 0.29) is 5.75 Å². The number of hydrogen-bond acceptors (Lipinski definition) is 6. The third-order valence-electron chi connectivity index (χ3n) is 3.99. The number of nitrogens with zero attached hydrogens (tertiary/aromatic N) is 2. The summed E-state index contributed by atoms with van der Waals surface area (Å²) in [7, 11) is 0. The molecule has 1 aliphatic rings. The zero-order chi connectivity index (χ0) is 18.5. The molecule has 2 amide bonds. The van der Waals surface area contributed by atoms with Crippen molar-refractivity contribution in [3.8, 4) is 11.8 Å². The summed E-state index contributed by atoms with van der Waals surface area (Å²) in [5.41, 5.74) is 4.24. The van der Waals surface area contributed by atoms with Gasteiger partial charge in [0.2, 0.25) is 0 Å². The smallest absolute Gasteiger partial charge is 0.329 e. The molecule has 0 aliphatic heterocycles. The molecule has 26 heavy (non-hydrogen) atoms. The van der Waals surface area contributed by atoms with Gasteiger partial charge < -0.3 is 10.4 Å². The van der Waals surface area contributed by atoms with Gasteiger partial charge in [-0.3, -0.25) is 9.59 Å². The summed E-state index contributed by atoms with van der Waals surface area (Å²) in [6.45, 7) is 0. The predicted molar refractivity (Wildman–Crippen MR) is 98.1 cm³/mol. The molecule has 1 aromatic heterocycles. The number of hydrogen-bond donors (Lipinski definition) is 3. The number of rotatable bonds is 3. The number of phenols is 1. The first-order valence-corrected chi connectivity index (χ1v) is 8.88. The Morgan fingerprint density at radius 3 is 2.65 bits per heavy atom. The van der Waals surface area contributed by atoms with Gasteiger partial charge >= 0.3 is 11.8 Å². The fourth-order valence-electron chi connectivity index (χ4n) is 2.71.